The Hall–Kier alpha value is -2.98. The molecular formula is C25H23NO2S. The minimum absolute atomic E-state index is 0.0457. The first-order chi connectivity index (χ1) is 14.2. The minimum atomic E-state index is -0.196. The summed E-state index contributed by atoms with van der Waals surface area (Å²) in [6.07, 6.45) is 1.96. The molecule has 0 aromatic heterocycles. The molecule has 3 nitrogen and oxygen atoms in total. The lowest BCUT2D eigenvalue weighted by molar-refractivity contribution is -0.118. The zero-order valence-electron chi connectivity index (χ0n) is 16.3. The van der Waals surface area contributed by atoms with Gasteiger partial charge in [0.15, 0.2) is 0 Å². The third-order valence-corrected chi connectivity index (χ3v) is 5.86. The van der Waals surface area contributed by atoms with E-state index in [1.807, 2.05) is 42.1 Å². The van der Waals surface area contributed by atoms with E-state index in [-0.39, 0.29) is 12.0 Å². The number of thioether (sulfide) groups is 1. The van der Waals surface area contributed by atoms with E-state index in [2.05, 4.69) is 59.9 Å². The molecule has 0 spiro atoms. The van der Waals surface area contributed by atoms with Crippen LogP contribution in [0.4, 0.5) is 0 Å². The second-order valence-corrected chi connectivity index (χ2v) is 8.06. The summed E-state index contributed by atoms with van der Waals surface area (Å²) < 4.78 is 6.35. The van der Waals surface area contributed by atoms with Crippen molar-refractivity contribution >= 4 is 23.7 Å². The van der Waals surface area contributed by atoms with Gasteiger partial charge in [0, 0.05) is 29.7 Å². The van der Waals surface area contributed by atoms with Crippen molar-refractivity contribution < 1.29 is 9.53 Å². The van der Waals surface area contributed by atoms with E-state index in [4.69, 9.17) is 4.74 Å². The molecule has 29 heavy (non-hydrogen) atoms. The number of hydrogen-bond acceptors (Lipinski definition) is 3. The van der Waals surface area contributed by atoms with Gasteiger partial charge in [-0.3, -0.25) is 4.79 Å². The number of fused-ring (bicyclic) bond motifs is 1. The average Bonchev–Trinajstić information content (AvgIpc) is 2.76. The van der Waals surface area contributed by atoms with E-state index < -0.39 is 0 Å². The van der Waals surface area contributed by atoms with Crippen LogP contribution in [0.15, 0.2) is 89.3 Å². The molecule has 1 heterocycles. The number of amides is 1. The SMILES string of the molecule is CC(=O)NCC1=Cc2cc(SCc3ccccc3)ccc2OC1c1ccccc1. The summed E-state index contributed by atoms with van der Waals surface area (Å²) in [6.45, 7) is 2.00. The Morgan fingerprint density at radius 2 is 1.72 bits per heavy atom. The number of carbonyl (C=O) groups excluding carboxylic acids is 1. The first-order valence-electron chi connectivity index (χ1n) is 9.66. The monoisotopic (exact) mass is 401 g/mol. The first-order valence-corrected chi connectivity index (χ1v) is 10.6. The fourth-order valence-corrected chi connectivity index (χ4v) is 4.24. The standard InChI is InChI=1S/C25H23NO2S/c1-18(27)26-16-22-14-21-15-23(29-17-19-8-4-2-5-9-19)12-13-24(21)28-25(22)20-10-6-3-7-11-20/h2-15,25H,16-17H2,1H3,(H,26,27). The van der Waals surface area contributed by atoms with Gasteiger partial charge < -0.3 is 10.1 Å². The van der Waals surface area contributed by atoms with Crippen molar-refractivity contribution in [3.05, 3.63) is 101 Å². The second kappa shape index (κ2) is 9.01. The molecule has 1 aliphatic rings. The summed E-state index contributed by atoms with van der Waals surface area (Å²) in [5, 5.41) is 2.91. The van der Waals surface area contributed by atoms with E-state index in [9.17, 15) is 4.79 Å². The summed E-state index contributed by atoms with van der Waals surface area (Å²) in [5.74, 6) is 1.75. The normalized spacial score (nSPS) is 15.1. The topological polar surface area (TPSA) is 38.3 Å². The molecule has 0 aliphatic carbocycles. The number of ether oxygens (including phenoxy) is 1. The minimum Gasteiger partial charge on any atom is -0.481 e. The Morgan fingerprint density at radius 1 is 1.00 bits per heavy atom. The average molecular weight is 402 g/mol. The van der Waals surface area contributed by atoms with Crippen LogP contribution in [-0.4, -0.2) is 12.5 Å². The number of carbonyl (C=O) groups is 1. The Morgan fingerprint density at radius 3 is 2.45 bits per heavy atom. The third kappa shape index (κ3) is 4.90. The summed E-state index contributed by atoms with van der Waals surface area (Å²) in [5.41, 5.74) is 4.48. The van der Waals surface area contributed by atoms with Crippen LogP contribution in [0.2, 0.25) is 0 Å². The maximum absolute atomic E-state index is 11.5. The molecule has 3 aromatic rings. The van der Waals surface area contributed by atoms with Crippen molar-refractivity contribution in [1.29, 1.82) is 0 Å². The van der Waals surface area contributed by atoms with Gasteiger partial charge >= 0.3 is 0 Å². The van der Waals surface area contributed by atoms with Crippen LogP contribution >= 0.6 is 11.8 Å². The fourth-order valence-electron chi connectivity index (χ4n) is 3.34. The van der Waals surface area contributed by atoms with E-state index in [1.165, 1.54) is 17.4 Å². The molecule has 1 amide bonds. The highest BCUT2D eigenvalue weighted by molar-refractivity contribution is 7.98. The van der Waals surface area contributed by atoms with Crippen LogP contribution in [0.1, 0.15) is 29.7 Å². The molecule has 0 radical (unpaired) electrons. The third-order valence-electron chi connectivity index (χ3n) is 4.80. The summed E-state index contributed by atoms with van der Waals surface area (Å²) >= 11 is 1.81. The van der Waals surface area contributed by atoms with Crippen molar-refractivity contribution in [2.75, 3.05) is 6.54 Å². The van der Waals surface area contributed by atoms with Crippen molar-refractivity contribution in [2.45, 2.75) is 23.7 Å². The molecule has 1 aliphatic heterocycles. The molecule has 0 saturated heterocycles. The van der Waals surface area contributed by atoms with Crippen LogP contribution < -0.4 is 10.1 Å². The highest BCUT2D eigenvalue weighted by atomic mass is 32.2. The smallest absolute Gasteiger partial charge is 0.217 e. The van der Waals surface area contributed by atoms with Crippen molar-refractivity contribution in [3.8, 4) is 5.75 Å². The quantitative estimate of drug-likeness (QED) is 0.544. The maximum atomic E-state index is 11.5. The predicted octanol–water partition coefficient (Wildman–Crippen LogP) is 5.63. The summed E-state index contributed by atoms with van der Waals surface area (Å²) in [7, 11) is 0. The van der Waals surface area contributed by atoms with Gasteiger partial charge in [0.2, 0.25) is 5.91 Å². The number of rotatable bonds is 6. The Bertz CT molecular complexity index is 1020. The van der Waals surface area contributed by atoms with Gasteiger partial charge in [-0.15, -0.1) is 11.8 Å². The highest BCUT2D eigenvalue weighted by Gasteiger charge is 2.24. The first kappa shape index (κ1) is 19.3. The van der Waals surface area contributed by atoms with Crippen LogP contribution in [0.25, 0.3) is 6.08 Å². The Labute approximate surface area is 175 Å². The van der Waals surface area contributed by atoms with Crippen molar-refractivity contribution in [3.63, 3.8) is 0 Å². The molecule has 1 N–H and O–H groups in total. The van der Waals surface area contributed by atoms with Gasteiger partial charge in [-0.1, -0.05) is 60.7 Å². The van der Waals surface area contributed by atoms with E-state index >= 15 is 0 Å². The molecule has 0 bridgehead atoms. The lowest BCUT2D eigenvalue weighted by atomic mass is 9.96. The number of benzene rings is 3. The predicted molar refractivity (Wildman–Crippen MR) is 119 cm³/mol. The Balaban J connectivity index is 1.58. The van der Waals surface area contributed by atoms with Gasteiger partial charge in [0.1, 0.15) is 11.9 Å². The van der Waals surface area contributed by atoms with E-state index in [1.54, 1.807) is 0 Å². The van der Waals surface area contributed by atoms with Crippen LogP contribution in [0.5, 0.6) is 5.75 Å². The molecular weight excluding hydrogens is 378 g/mol. The molecule has 4 heteroatoms. The van der Waals surface area contributed by atoms with Crippen molar-refractivity contribution in [1.82, 2.24) is 5.32 Å². The van der Waals surface area contributed by atoms with Gasteiger partial charge in [-0.25, -0.2) is 0 Å². The van der Waals surface area contributed by atoms with Gasteiger partial charge in [0.05, 0.1) is 0 Å². The van der Waals surface area contributed by atoms with Gasteiger partial charge in [0.25, 0.3) is 0 Å². The fraction of sp³-hybridized carbons (Fsp3) is 0.160. The maximum Gasteiger partial charge on any atom is 0.217 e. The molecule has 4 rings (SSSR count). The highest BCUT2D eigenvalue weighted by Crippen LogP contribution is 2.39. The number of hydrogen-bond donors (Lipinski definition) is 1. The molecule has 0 fully saturated rings. The summed E-state index contributed by atoms with van der Waals surface area (Å²) in [4.78, 5) is 12.7. The van der Waals surface area contributed by atoms with Crippen molar-refractivity contribution in [2.24, 2.45) is 0 Å². The molecule has 146 valence electrons. The van der Waals surface area contributed by atoms with E-state index in [0.29, 0.717) is 6.54 Å². The molecule has 3 aromatic carbocycles. The molecule has 0 saturated carbocycles. The lowest BCUT2D eigenvalue weighted by Gasteiger charge is -2.28. The Kier molecular flexibility index (Phi) is 6.01. The van der Waals surface area contributed by atoms with Gasteiger partial charge in [-0.05, 0) is 41.0 Å². The van der Waals surface area contributed by atoms with Crippen LogP contribution in [-0.2, 0) is 10.5 Å². The largest absolute Gasteiger partial charge is 0.481 e. The molecule has 1 unspecified atom stereocenters. The summed E-state index contributed by atoms with van der Waals surface area (Å²) in [6, 6.07) is 26.9. The number of nitrogens with one attached hydrogen (secondary N) is 1. The zero-order chi connectivity index (χ0) is 20.1. The van der Waals surface area contributed by atoms with Crippen LogP contribution in [0, 0.1) is 0 Å². The second-order valence-electron chi connectivity index (χ2n) is 7.01. The van der Waals surface area contributed by atoms with E-state index in [0.717, 1.165) is 28.2 Å². The van der Waals surface area contributed by atoms with Gasteiger partial charge in [-0.2, -0.15) is 0 Å². The zero-order valence-corrected chi connectivity index (χ0v) is 17.1. The lowest BCUT2D eigenvalue weighted by Crippen LogP contribution is -2.27. The molecule has 1 atom stereocenters. The van der Waals surface area contributed by atoms with Crippen LogP contribution in [0.3, 0.4) is 0 Å².